The first-order valence-corrected chi connectivity index (χ1v) is 10.4. The Balaban J connectivity index is 0.00000171. The fourth-order valence-electron chi connectivity index (χ4n) is 4.39. The Morgan fingerprint density at radius 3 is 2.74 bits per heavy atom. The Morgan fingerprint density at radius 2 is 1.90 bits per heavy atom. The number of para-hydroxylation sites is 2. The zero-order valence-corrected chi connectivity index (χ0v) is 19.5. The van der Waals surface area contributed by atoms with Crippen molar-refractivity contribution in [3.8, 4) is 5.75 Å². The molecule has 0 saturated carbocycles. The number of fused-ring (bicyclic) bond motifs is 1. The molecule has 1 fully saturated rings. The van der Waals surface area contributed by atoms with Crippen LogP contribution in [-0.2, 0) is 11.2 Å². The number of hydrogen-bond donors (Lipinski definition) is 2. The van der Waals surface area contributed by atoms with Gasteiger partial charge in [0.1, 0.15) is 5.75 Å². The van der Waals surface area contributed by atoms with Crippen LogP contribution in [0.2, 0.25) is 0 Å². The minimum Gasteiger partial charge on any atom is -0.496 e. The highest BCUT2D eigenvalue weighted by Gasteiger charge is 2.27. The second-order valence-electron chi connectivity index (χ2n) is 7.65. The highest BCUT2D eigenvalue weighted by Crippen LogP contribution is 2.30. The van der Waals surface area contributed by atoms with Crippen LogP contribution in [0.3, 0.4) is 0 Å². The maximum atomic E-state index is 12.6. The second-order valence-corrected chi connectivity index (χ2v) is 7.65. The molecular weight excluding hydrogens is 435 g/mol. The molecule has 2 aliphatic heterocycles. The minimum absolute atomic E-state index is 0. The maximum absolute atomic E-state index is 12.6. The van der Waals surface area contributed by atoms with Gasteiger partial charge in [-0.15, -0.1) is 24.8 Å². The van der Waals surface area contributed by atoms with Crippen LogP contribution in [0, 0.1) is 0 Å². The van der Waals surface area contributed by atoms with Gasteiger partial charge >= 0.3 is 0 Å². The zero-order chi connectivity index (χ0) is 20.1. The quantitative estimate of drug-likeness (QED) is 0.656. The topological polar surface area (TPSA) is 56.8 Å². The molecule has 1 saturated heterocycles. The van der Waals surface area contributed by atoms with E-state index in [9.17, 15) is 4.79 Å². The molecule has 2 heterocycles. The fraction of sp³-hybridized carbons (Fsp3) is 0.435. The molecular formula is C23H32Cl2N4O2. The predicted octanol–water partition coefficient (Wildman–Crippen LogP) is 2.66. The Kier molecular flexibility index (Phi) is 9.91. The third-order valence-electron chi connectivity index (χ3n) is 5.89. The highest BCUT2D eigenvalue weighted by atomic mass is 35.5. The number of amides is 1. The number of rotatable bonds is 7. The van der Waals surface area contributed by atoms with Crippen molar-refractivity contribution < 1.29 is 9.53 Å². The molecule has 8 heteroatoms. The van der Waals surface area contributed by atoms with Gasteiger partial charge in [-0.3, -0.25) is 9.69 Å². The van der Waals surface area contributed by atoms with Gasteiger partial charge in [0, 0.05) is 50.5 Å². The van der Waals surface area contributed by atoms with Gasteiger partial charge in [0.05, 0.1) is 19.7 Å². The lowest BCUT2D eigenvalue weighted by atomic mass is 10.0. The first kappa shape index (κ1) is 25.3. The Bertz CT molecular complexity index is 852. The first-order valence-electron chi connectivity index (χ1n) is 10.4. The molecule has 0 bridgehead atoms. The third-order valence-corrected chi connectivity index (χ3v) is 5.89. The Labute approximate surface area is 197 Å². The molecule has 0 spiro atoms. The number of hydrogen-bond acceptors (Lipinski definition) is 5. The van der Waals surface area contributed by atoms with E-state index in [0.717, 1.165) is 50.5 Å². The summed E-state index contributed by atoms with van der Waals surface area (Å²) in [5.41, 5.74) is 3.84. The lowest BCUT2D eigenvalue weighted by molar-refractivity contribution is -0.123. The molecule has 2 aromatic carbocycles. The van der Waals surface area contributed by atoms with E-state index in [0.29, 0.717) is 13.1 Å². The number of nitrogens with zero attached hydrogens (tertiary/aromatic N) is 2. The van der Waals surface area contributed by atoms with E-state index >= 15 is 0 Å². The number of ether oxygens (including phenoxy) is 1. The van der Waals surface area contributed by atoms with Crippen molar-refractivity contribution in [3.05, 3.63) is 59.7 Å². The number of benzene rings is 2. The summed E-state index contributed by atoms with van der Waals surface area (Å²) in [6.07, 6.45) is 1.09. The van der Waals surface area contributed by atoms with Gasteiger partial charge in [-0.25, -0.2) is 0 Å². The number of anilines is 1. The summed E-state index contributed by atoms with van der Waals surface area (Å²) < 4.78 is 5.54. The minimum atomic E-state index is 0. The van der Waals surface area contributed by atoms with Crippen LogP contribution in [0.25, 0.3) is 0 Å². The lowest BCUT2D eigenvalue weighted by Gasteiger charge is -2.36. The third kappa shape index (κ3) is 6.04. The molecule has 1 amide bonds. The molecule has 170 valence electrons. The van der Waals surface area contributed by atoms with Gasteiger partial charge in [-0.05, 0) is 24.1 Å². The van der Waals surface area contributed by atoms with Crippen LogP contribution >= 0.6 is 24.8 Å². The van der Waals surface area contributed by atoms with Gasteiger partial charge < -0.3 is 20.3 Å². The highest BCUT2D eigenvalue weighted by molar-refractivity contribution is 5.85. The van der Waals surface area contributed by atoms with Crippen LogP contribution in [0.5, 0.6) is 5.75 Å². The van der Waals surface area contributed by atoms with Crippen LogP contribution < -0.4 is 20.3 Å². The molecule has 0 aromatic heterocycles. The van der Waals surface area contributed by atoms with Crippen molar-refractivity contribution in [1.82, 2.24) is 15.5 Å². The van der Waals surface area contributed by atoms with Gasteiger partial charge in [0.25, 0.3) is 0 Å². The van der Waals surface area contributed by atoms with E-state index in [1.807, 2.05) is 18.2 Å². The number of nitrogens with one attached hydrogen (secondary N) is 2. The molecule has 2 N–H and O–H groups in total. The molecule has 2 aliphatic rings. The van der Waals surface area contributed by atoms with E-state index in [-0.39, 0.29) is 36.8 Å². The van der Waals surface area contributed by atoms with Crippen molar-refractivity contribution >= 4 is 36.4 Å². The molecule has 1 unspecified atom stereocenters. The average molecular weight is 467 g/mol. The van der Waals surface area contributed by atoms with Gasteiger partial charge in [-0.2, -0.15) is 0 Å². The molecule has 1 atom stereocenters. The van der Waals surface area contributed by atoms with Gasteiger partial charge in [-0.1, -0.05) is 36.4 Å². The summed E-state index contributed by atoms with van der Waals surface area (Å²) in [6, 6.07) is 16.7. The summed E-state index contributed by atoms with van der Waals surface area (Å²) in [4.78, 5) is 17.2. The number of halogens is 2. The van der Waals surface area contributed by atoms with Gasteiger partial charge in [0.2, 0.25) is 5.91 Å². The SMILES string of the molecule is COc1ccccc1C1CNCCN1CC(=O)NCCN1CCc2ccccc21.Cl.Cl. The number of methoxy groups -OCH3 is 1. The van der Waals surface area contributed by atoms with Crippen molar-refractivity contribution in [2.75, 3.05) is 57.8 Å². The summed E-state index contributed by atoms with van der Waals surface area (Å²) >= 11 is 0. The average Bonchev–Trinajstić information content (AvgIpc) is 3.17. The summed E-state index contributed by atoms with van der Waals surface area (Å²) in [6.45, 7) is 5.50. The van der Waals surface area contributed by atoms with E-state index in [2.05, 4.69) is 50.8 Å². The smallest absolute Gasteiger partial charge is 0.234 e. The number of carbonyl (C=O) groups is 1. The Hall–Kier alpha value is -1.99. The molecule has 0 radical (unpaired) electrons. The first-order chi connectivity index (χ1) is 14.3. The molecule has 4 rings (SSSR count). The largest absolute Gasteiger partial charge is 0.496 e. The predicted molar refractivity (Wildman–Crippen MR) is 130 cm³/mol. The van der Waals surface area contributed by atoms with Crippen LogP contribution in [0.15, 0.2) is 48.5 Å². The Morgan fingerprint density at radius 1 is 1.13 bits per heavy atom. The van der Waals surface area contributed by atoms with Crippen molar-refractivity contribution in [1.29, 1.82) is 0 Å². The van der Waals surface area contributed by atoms with Crippen molar-refractivity contribution in [3.63, 3.8) is 0 Å². The van der Waals surface area contributed by atoms with Crippen molar-refractivity contribution in [2.24, 2.45) is 0 Å². The van der Waals surface area contributed by atoms with E-state index < -0.39 is 0 Å². The molecule has 2 aromatic rings. The maximum Gasteiger partial charge on any atom is 0.234 e. The molecule has 31 heavy (non-hydrogen) atoms. The van der Waals surface area contributed by atoms with E-state index in [1.165, 1.54) is 11.3 Å². The summed E-state index contributed by atoms with van der Waals surface area (Å²) in [7, 11) is 1.70. The molecule has 6 nitrogen and oxygen atoms in total. The number of piperazine rings is 1. The zero-order valence-electron chi connectivity index (χ0n) is 17.9. The summed E-state index contributed by atoms with van der Waals surface area (Å²) in [5.74, 6) is 0.957. The lowest BCUT2D eigenvalue weighted by Crippen LogP contribution is -2.50. The van der Waals surface area contributed by atoms with E-state index in [4.69, 9.17) is 4.74 Å². The van der Waals surface area contributed by atoms with E-state index in [1.54, 1.807) is 7.11 Å². The standard InChI is InChI=1S/C23H30N4O2.2ClH/c1-29-22-9-5-3-7-19(22)21-16-24-11-14-27(21)17-23(28)25-12-15-26-13-10-18-6-2-4-8-20(18)26;;/h2-9,21,24H,10-17H2,1H3,(H,25,28);2*1H. The van der Waals surface area contributed by atoms with Crippen molar-refractivity contribution in [2.45, 2.75) is 12.5 Å². The van der Waals surface area contributed by atoms with Crippen LogP contribution in [0.4, 0.5) is 5.69 Å². The normalized spacial score (nSPS) is 17.8. The van der Waals surface area contributed by atoms with Crippen LogP contribution in [0.1, 0.15) is 17.2 Å². The second kappa shape index (κ2) is 12.2. The summed E-state index contributed by atoms with van der Waals surface area (Å²) in [5, 5.41) is 6.56. The number of carbonyl (C=O) groups excluding carboxylic acids is 1. The molecule has 0 aliphatic carbocycles. The fourth-order valence-corrected chi connectivity index (χ4v) is 4.39. The van der Waals surface area contributed by atoms with Gasteiger partial charge in [0.15, 0.2) is 0 Å². The monoisotopic (exact) mass is 466 g/mol. The van der Waals surface area contributed by atoms with Crippen LogP contribution in [-0.4, -0.2) is 63.7 Å².